The Bertz CT molecular complexity index is 493. The van der Waals surface area contributed by atoms with E-state index in [1.165, 1.54) is 11.3 Å². The molecule has 0 saturated carbocycles. The number of thiazole rings is 1. The van der Waals surface area contributed by atoms with Gasteiger partial charge in [-0.1, -0.05) is 48.6 Å². The molecule has 1 N–H and O–H groups in total. The zero-order valence-corrected chi connectivity index (χ0v) is 10.5. The molecule has 2 aromatic rings. The maximum Gasteiger partial charge on any atom is 0.226 e. The lowest BCUT2D eigenvalue weighted by Gasteiger charge is -1.98. The van der Waals surface area contributed by atoms with E-state index in [-0.39, 0.29) is 5.91 Å². The van der Waals surface area contributed by atoms with Gasteiger partial charge in [0, 0.05) is 12.6 Å². The van der Waals surface area contributed by atoms with Crippen molar-refractivity contribution >= 4 is 22.4 Å². The second-order valence-corrected chi connectivity index (χ2v) is 4.72. The Kier molecular flexibility index (Phi) is 3.88. The molecular weight excluding hydrogens is 232 g/mol. The van der Waals surface area contributed by atoms with Crippen molar-refractivity contribution in [3.05, 3.63) is 36.5 Å². The van der Waals surface area contributed by atoms with E-state index in [0.717, 1.165) is 16.9 Å². The number of hydrogen-bond acceptors (Lipinski definition) is 3. The lowest BCUT2D eigenvalue weighted by molar-refractivity contribution is -0.116. The smallest absolute Gasteiger partial charge is 0.226 e. The van der Waals surface area contributed by atoms with Crippen LogP contribution in [-0.4, -0.2) is 10.9 Å². The van der Waals surface area contributed by atoms with E-state index in [0.29, 0.717) is 11.6 Å². The van der Waals surface area contributed by atoms with E-state index in [1.54, 1.807) is 6.20 Å². The van der Waals surface area contributed by atoms with Crippen LogP contribution in [0.2, 0.25) is 0 Å². The summed E-state index contributed by atoms with van der Waals surface area (Å²) in [5.74, 6) is 0.0291. The molecule has 4 heteroatoms. The van der Waals surface area contributed by atoms with Gasteiger partial charge >= 0.3 is 0 Å². The number of nitrogens with one attached hydrogen (secondary N) is 1. The van der Waals surface area contributed by atoms with Crippen LogP contribution in [0.15, 0.2) is 36.5 Å². The first-order chi connectivity index (χ1) is 8.29. The van der Waals surface area contributed by atoms with Crippen molar-refractivity contribution < 1.29 is 4.79 Å². The standard InChI is InChI=1S/C13H14N2OS/c1-2-6-12(16)15-13-14-9-11(17-13)10-7-4-3-5-8-10/h3-5,7-9H,2,6H2,1H3,(H,14,15,16). The molecule has 0 atom stereocenters. The molecule has 1 aromatic carbocycles. The largest absolute Gasteiger partial charge is 0.302 e. The van der Waals surface area contributed by atoms with Crippen molar-refractivity contribution in [2.24, 2.45) is 0 Å². The highest BCUT2D eigenvalue weighted by atomic mass is 32.1. The minimum Gasteiger partial charge on any atom is -0.302 e. The minimum absolute atomic E-state index is 0.0291. The summed E-state index contributed by atoms with van der Waals surface area (Å²) in [5, 5.41) is 3.47. The van der Waals surface area contributed by atoms with Gasteiger partial charge in [-0.05, 0) is 12.0 Å². The molecule has 0 unspecified atom stereocenters. The van der Waals surface area contributed by atoms with E-state index >= 15 is 0 Å². The predicted octanol–water partition coefficient (Wildman–Crippen LogP) is 3.55. The van der Waals surface area contributed by atoms with Gasteiger partial charge < -0.3 is 5.32 Å². The zero-order chi connectivity index (χ0) is 12.1. The number of hydrogen-bond donors (Lipinski definition) is 1. The molecular formula is C13H14N2OS. The molecule has 3 nitrogen and oxygen atoms in total. The van der Waals surface area contributed by atoms with Gasteiger partial charge in [0.15, 0.2) is 5.13 Å². The Hall–Kier alpha value is -1.68. The van der Waals surface area contributed by atoms with Crippen LogP contribution in [0.25, 0.3) is 10.4 Å². The van der Waals surface area contributed by atoms with E-state index in [1.807, 2.05) is 37.3 Å². The van der Waals surface area contributed by atoms with E-state index in [9.17, 15) is 4.79 Å². The maximum atomic E-state index is 11.4. The van der Waals surface area contributed by atoms with Crippen LogP contribution in [0.4, 0.5) is 5.13 Å². The molecule has 0 spiro atoms. The SMILES string of the molecule is CCCC(=O)Nc1ncc(-c2ccccc2)s1. The number of carbonyl (C=O) groups is 1. The lowest BCUT2D eigenvalue weighted by Crippen LogP contribution is -2.09. The molecule has 0 saturated heterocycles. The Morgan fingerprint density at radius 3 is 2.82 bits per heavy atom. The van der Waals surface area contributed by atoms with Gasteiger partial charge in [-0.15, -0.1) is 0 Å². The van der Waals surface area contributed by atoms with Crippen molar-refractivity contribution in [3.63, 3.8) is 0 Å². The monoisotopic (exact) mass is 246 g/mol. The maximum absolute atomic E-state index is 11.4. The fraction of sp³-hybridized carbons (Fsp3) is 0.231. The molecule has 2 rings (SSSR count). The Morgan fingerprint density at radius 2 is 2.12 bits per heavy atom. The zero-order valence-electron chi connectivity index (χ0n) is 9.64. The van der Waals surface area contributed by atoms with Crippen LogP contribution < -0.4 is 5.32 Å². The number of carbonyl (C=O) groups excluding carboxylic acids is 1. The highest BCUT2D eigenvalue weighted by Gasteiger charge is 2.06. The lowest BCUT2D eigenvalue weighted by atomic mass is 10.2. The van der Waals surface area contributed by atoms with E-state index in [2.05, 4.69) is 10.3 Å². The highest BCUT2D eigenvalue weighted by molar-refractivity contribution is 7.19. The minimum atomic E-state index is 0.0291. The first-order valence-corrected chi connectivity index (χ1v) is 6.42. The summed E-state index contributed by atoms with van der Waals surface area (Å²) in [6.07, 6.45) is 3.19. The van der Waals surface area contributed by atoms with Crippen LogP contribution in [0, 0.1) is 0 Å². The Morgan fingerprint density at radius 1 is 1.35 bits per heavy atom. The number of anilines is 1. The summed E-state index contributed by atoms with van der Waals surface area (Å²) in [6, 6.07) is 10.0. The highest BCUT2D eigenvalue weighted by Crippen LogP contribution is 2.28. The molecule has 88 valence electrons. The van der Waals surface area contributed by atoms with Crippen molar-refractivity contribution in [1.82, 2.24) is 4.98 Å². The molecule has 1 amide bonds. The number of amides is 1. The van der Waals surface area contributed by atoms with Crippen LogP contribution >= 0.6 is 11.3 Å². The topological polar surface area (TPSA) is 42.0 Å². The Labute approximate surface area is 105 Å². The van der Waals surface area contributed by atoms with Gasteiger partial charge in [-0.2, -0.15) is 0 Å². The summed E-state index contributed by atoms with van der Waals surface area (Å²) in [7, 11) is 0. The van der Waals surface area contributed by atoms with Crippen molar-refractivity contribution in [3.8, 4) is 10.4 Å². The molecule has 0 radical (unpaired) electrons. The van der Waals surface area contributed by atoms with Crippen LogP contribution in [0.5, 0.6) is 0 Å². The van der Waals surface area contributed by atoms with Crippen molar-refractivity contribution in [2.75, 3.05) is 5.32 Å². The third-order valence-corrected chi connectivity index (χ3v) is 3.25. The third-order valence-electron chi connectivity index (χ3n) is 2.29. The van der Waals surface area contributed by atoms with Crippen molar-refractivity contribution in [2.45, 2.75) is 19.8 Å². The van der Waals surface area contributed by atoms with Gasteiger partial charge in [0.2, 0.25) is 5.91 Å². The summed E-state index contributed by atoms with van der Waals surface area (Å²) < 4.78 is 0. The molecule has 17 heavy (non-hydrogen) atoms. The number of aromatic nitrogens is 1. The normalized spacial score (nSPS) is 10.2. The van der Waals surface area contributed by atoms with Gasteiger partial charge in [0.25, 0.3) is 0 Å². The average Bonchev–Trinajstić information content (AvgIpc) is 2.79. The van der Waals surface area contributed by atoms with E-state index < -0.39 is 0 Å². The van der Waals surface area contributed by atoms with Crippen molar-refractivity contribution in [1.29, 1.82) is 0 Å². The number of nitrogens with zero attached hydrogens (tertiary/aromatic N) is 1. The van der Waals surface area contributed by atoms with Gasteiger partial charge in [0.1, 0.15) is 0 Å². The van der Waals surface area contributed by atoms with Gasteiger partial charge in [-0.3, -0.25) is 4.79 Å². The summed E-state index contributed by atoms with van der Waals surface area (Å²) in [5.41, 5.74) is 1.13. The average molecular weight is 246 g/mol. The number of benzene rings is 1. The third kappa shape index (κ3) is 3.14. The first-order valence-electron chi connectivity index (χ1n) is 5.60. The van der Waals surface area contributed by atoms with E-state index in [4.69, 9.17) is 0 Å². The van der Waals surface area contributed by atoms with Crippen LogP contribution in [-0.2, 0) is 4.79 Å². The van der Waals surface area contributed by atoms with Crippen LogP contribution in [0.1, 0.15) is 19.8 Å². The fourth-order valence-corrected chi connectivity index (χ4v) is 2.31. The molecule has 1 heterocycles. The molecule has 0 fully saturated rings. The molecule has 0 bridgehead atoms. The Balaban J connectivity index is 2.09. The summed E-state index contributed by atoms with van der Waals surface area (Å²) >= 11 is 1.50. The van der Waals surface area contributed by atoms with Gasteiger partial charge in [0.05, 0.1) is 4.88 Å². The molecule has 0 aliphatic rings. The number of rotatable bonds is 4. The summed E-state index contributed by atoms with van der Waals surface area (Å²) in [6.45, 7) is 1.98. The summed E-state index contributed by atoms with van der Waals surface area (Å²) in [4.78, 5) is 16.7. The molecule has 0 aliphatic carbocycles. The second kappa shape index (κ2) is 5.59. The first kappa shape index (κ1) is 11.8. The second-order valence-electron chi connectivity index (χ2n) is 3.69. The quantitative estimate of drug-likeness (QED) is 0.896. The molecule has 1 aromatic heterocycles. The fourth-order valence-electron chi connectivity index (χ4n) is 1.48. The molecule has 0 aliphatic heterocycles. The predicted molar refractivity (Wildman–Crippen MR) is 71.1 cm³/mol. The van der Waals surface area contributed by atoms with Gasteiger partial charge in [-0.25, -0.2) is 4.98 Å². The van der Waals surface area contributed by atoms with Crippen LogP contribution in [0.3, 0.4) is 0 Å².